The summed E-state index contributed by atoms with van der Waals surface area (Å²) in [5, 5.41) is 10.4. The molecule has 0 radical (unpaired) electrons. The molecular formula is C9H11NO5S. The second-order valence-electron chi connectivity index (χ2n) is 2.88. The third kappa shape index (κ3) is 6.66. The van der Waals surface area contributed by atoms with Crippen LogP contribution in [0.25, 0.3) is 0 Å². The zero-order chi connectivity index (χ0) is 12.6. The Morgan fingerprint density at radius 2 is 1.88 bits per heavy atom. The lowest BCUT2D eigenvalue weighted by molar-refractivity contribution is -0.384. The summed E-state index contributed by atoms with van der Waals surface area (Å²) >= 11 is 0. The summed E-state index contributed by atoms with van der Waals surface area (Å²) < 4.78 is 25.3. The van der Waals surface area contributed by atoms with Crippen molar-refractivity contribution in [2.24, 2.45) is 0 Å². The van der Waals surface area contributed by atoms with Crippen molar-refractivity contribution in [1.82, 2.24) is 0 Å². The molecule has 0 aliphatic carbocycles. The third-order valence-electron chi connectivity index (χ3n) is 1.66. The molecule has 7 heteroatoms. The van der Waals surface area contributed by atoms with Crippen LogP contribution in [0.1, 0.15) is 18.9 Å². The predicted molar refractivity (Wildman–Crippen MR) is 56.8 cm³/mol. The van der Waals surface area contributed by atoms with Crippen LogP contribution in [0.4, 0.5) is 5.69 Å². The SMILES string of the molecule is CCCc1cccc([N+](=O)[O-])c1.O=S(=O)=O. The molecule has 0 unspecified atom stereocenters. The van der Waals surface area contributed by atoms with Crippen molar-refractivity contribution < 1.29 is 17.6 Å². The zero-order valence-corrected chi connectivity index (χ0v) is 9.44. The first-order valence-electron chi connectivity index (χ1n) is 4.47. The van der Waals surface area contributed by atoms with Crippen LogP contribution in [0.15, 0.2) is 24.3 Å². The van der Waals surface area contributed by atoms with E-state index in [0.717, 1.165) is 18.4 Å². The van der Waals surface area contributed by atoms with Gasteiger partial charge in [-0.25, -0.2) is 0 Å². The van der Waals surface area contributed by atoms with E-state index in [1.807, 2.05) is 6.07 Å². The van der Waals surface area contributed by atoms with Crippen LogP contribution >= 0.6 is 0 Å². The molecule has 1 aromatic carbocycles. The number of rotatable bonds is 3. The number of aryl methyl sites for hydroxylation is 1. The number of nitro groups is 1. The van der Waals surface area contributed by atoms with Gasteiger partial charge in [0, 0.05) is 12.1 Å². The van der Waals surface area contributed by atoms with E-state index in [1.54, 1.807) is 12.1 Å². The summed E-state index contributed by atoms with van der Waals surface area (Å²) in [4.78, 5) is 10.0. The van der Waals surface area contributed by atoms with Crippen LogP contribution < -0.4 is 0 Å². The van der Waals surface area contributed by atoms with Gasteiger partial charge in [-0.3, -0.25) is 10.1 Å². The number of benzene rings is 1. The summed E-state index contributed by atoms with van der Waals surface area (Å²) in [6, 6.07) is 6.78. The maximum absolute atomic E-state index is 10.4. The minimum Gasteiger partial charge on any atom is -0.258 e. The molecule has 88 valence electrons. The van der Waals surface area contributed by atoms with Crippen molar-refractivity contribution in [1.29, 1.82) is 0 Å². The molecule has 0 aliphatic heterocycles. The Morgan fingerprint density at radius 3 is 2.31 bits per heavy atom. The molecule has 0 fully saturated rings. The van der Waals surface area contributed by atoms with Gasteiger partial charge in [-0.2, -0.15) is 0 Å². The highest BCUT2D eigenvalue weighted by Crippen LogP contribution is 2.13. The summed E-state index contributed by atoms with van der Waals surface area (Å²) in [7, 11) is -3.11. The van der Waals surface area contributed by atoms with E-state index in [9.17, 15) is 10.1 Å². The molecule has 0 saturated heterocycles. The van der Waals surface area contributed by atoms with E-state index < -0.39 is 10.6 Å². The highest BCUT2D eigenvalue weighted by molar-refractivity contribution is 7.59. The van der Waals surface area contributed by atoms with Gasteiger partial charge in [-0.1, -0.05) is 25.5 Å². The van der Waals surface area contributed by atoms with Gasteiger partial charge in [0.1, 0.15) is 0 Å². The standard InChI is InChI=1S/C9H11NO2.O3S/c1-2-4-8-5-3-6-9(7-8)10(11)12;1-4(2)3/h3,5-7H,2,4H2,1H3;. The Labute approximate surface area is 94.1 Å². The first kappa shape index (κ1) is 14.2. The average molecular weight is 245 g/mol. The number of hydrogen-bond acceptors (Lipinski definition) is 5. The molecule has 0 bridgehead atoms. The van der Waals surface area contributed by atoms with Crippen LogP contribution in [0.2, 0.25) is 0 Å². The van der Waals surface area contributed by atoms with Gasteiger partial charge in [0.2, 0.25) is 0 Å². The molecule has 0 heterocycles. The predicted octanol–water partition coefficient (Wildman–Crippen LogP) is 1.54. The fourth-order valence-corrected chi connectivity index (χ4v) is 1.11. The topological polar surface area (TPSA) is 94.3 Å². The Kier molecular flexibility index (Phi) is 6.69. The van der Waals surface area contributed by atoms with Crippen LogP contribution in [-0.2, 0) is 17.0 Å². The molecule has 0 atom stereocenters. The van der Waals surface area contributed by atoms with Crippen molar-refractivity contribution in [2.45, 2.75) is 19.8 Å². The molecule has 0 aliphatic rings. The summed E-state index contributed by atoms with van der Waals surface area (Å²) in [5.41, 5.74) is 1.22. The first-order valence-corrected chi connectivity index (χ1v) is 5.47. The third-order valence-corrected chi connectivity index (χ3v) is 1.66. The minimum atomic E-state index is -3.11. The van der Waals surface area contributed by atoms with Crippen molar-refractivity contribution in [3.05, 3.63) is 39.9 Å². The van der Waals surface area contributed by atoms with Gasteiger partial charge < -0.3 is 0 Å². The van der Waals surface area contributed by atoms with Crippen molar-refractivity contribution in [3.63, 3.8) is 0 Å². The van der Waals surface area contributed by atoms with E-state index in [0.29, 0.717) is 0 Å². The number of hydrogen-bond donors (Lipinski definition) is 0. The van der Waals surface area contributed by atoms with Crippen molar-refractivity contribution in [2.75, 3.05) is 0 Å². The maximum Gasteiger partial charge on any atom is 0.425 e. The summed E-state index contributed by atoms with van der Waals surface area (Å²) in [6.45, 7) is 2.05. The molecule has 6 nitrogen and oxygen atoms in total. The Morgan fingerprint density at radius 1 is 1.31 bits per heavy atom. The van der Waals surface area contributed by atoms with Crippen molar-refractivity contribution in [3.8, 4) is 0 Å². The highest BCUT2D eigenvalue weighted by atomic mass is 32.2. The van der Waals surface area contributed by atoms with Crippen LogP contribution in [-0.4, -0.2) is 17.6 Å². The van der Waals surface area contributed by atoms with Gasteiger partial charge >= 0.3 is 10.6 Å². The average Bonchev–Trinajstić information content (AvgIpc) is 2.17. The molecule has 1 aromatic rings. The number of nitro benzene ring substituents is 1. The van der Waals surface area contributed by atoms with Gasteiger partial charge in [-0.05, 0) is 12.0 Å². The van der Waals surface area contributed by atoms with E-state index in [4.69, 9.17) is 12.6 Å². The number of non-ortho nitro benzene ring substituents is 1. The van der Waals surface area contributed by atoms with Crippen LogP contribution in [0, 0.1) is 10.1 Å². The van der Waals surface area contributed by atoms with E-state index in [2.05, 4.69) is 6.92 Å². The Hall–Kier alpha value is -1.76. The fraction of sp³-hybridized carbons (Fsp3) is 0.333. The lowest BCUT2D eigenvalue weighted by Gasteiger charge is -1.96. The second kappa shape index (κ2) is 7.52. The molecule has 0 spiro atoms. The molecule has 0 saturated carbocycles. The van der Waals surface area contributed by atoms with Crippen LogP contribution in [0.3, 0.4) is 0 Å². The van der Waals surface area contributed by atoms with Gasteiger partial charge in [0.25, 0.3) is 5.69 Å². The molecule has 16 heavy (non-hydrogen) atoms. The fourth-order valence-electron chi connectivity index (χ4n) is 1.11. The first-order chi connectivity index (χ1) is 7.47. The summed E-state index contributed by atoms with van der Waals surface area (Å²) in [6.07, 6.45) is 1.92. The minimum absolute atomic E-state index is 0.181. The largest absolute Gasteiger partial charge is 0.425 e. The van der Waals surface area contributed by atoms with Gasteiger partial charge in [0.15, 0.2) is 0 Å². The lowest BCUT2D eigenvalue weighted by Crippen LogP contribution is -1.89. The highest BCUT2D eigenvalue weighted by Gasteiger charge is 2.03. The van der Waals surface area contributed by atoms with Gasteiger partial charge in [0.05, 0.1) is 4.92 Å². The smallest absolute Gasteiger partial charge is 0.258 e. The molecule has 1 rings (SSSR count). The van der Waals surface area contributed by atoms with Gasteiger partial charge in [-0.15, -0.1) is 12.6 Å². The van der Waals surface area contributed by atoms with Crippen LogP contribution in [0.5, 0.6) is 0 Å². The Bertz CT molecular complexity index is 447. The molecular weight excluding hydrogens is 234 g/mol. The summed E-state index contributed by atoms with van der Waals surface area (Å²) in [5.74, 6) is 0. The zero-order valence-electron chi connectivity index (χ0n) is 8.62. The molecule has 0 amide bonds. The van der Waals surface area contributed by atoms with E-state index >= 15 is 0 Å². The second-order valence-corrected chi connectivity index (χ2v) is 3.29. The normalized spacial score (nSPS) is 8.81. The molecule has 0 N–H and O–H groups in total. The van der Waals surface area contributed by atoms with E-state index in [-0.39, 0.29) is 10.6 Å². The Balaban J connectivity index is 0.000000487. The number of nitrogens with zero attached hydrogens (tertiary/aromatic N) is 1. The quantitative estimate of drug-likeness (QED) is 0.594. The maximum atomic E-state index is 10.4. The van der Waals surface area contributed by atoms with E-state index in [1.165, 1.54) is 6.07 Å². The molecule has 0 aromatic heterocycles. The lowest BCUT2D eigenvalue weighted by atomic mass is 10.1. The van der Waals surface area contributed by atoms with Crippen molar-refractivity contribution >= 4 is 16.3 Å². The monoisotopic (exact) mass is 245 g/mol.